The molecular formula is C5H10ClN3O2. The van der Waals surface area contributed by atoms with Crippen LogP contribution < -0.4 is 22.8 Å². The number of aromatic nitrogens is 2. The van der Waals surface area contributed by atoms with Crippen molar-refractivity contribution < 1.29 is 26.3 Å². The third kappa shape index (κ3) is 3.20. The Hall–Kier alpha value is -0.810. The van der Waals surface area contributed by atoms with Gasteiger partial charge < -0.3 is 22.9 Å². The predicted molar refractivity (Wildman–Crippen MR) is 33.0 cm³/mol. The molecule has 1 rings (SSSR count). The minimum absolute atomic E-state index is 0. The molecule has 11 heavy (non-hydrogen) atoms. The summed E-state index contributed by atoms with van der Waals surface area (Å²) in [6.07, 6.45) is 1.61. The first kappa shape index (κ1) is 10.2. The highest BCUT2D eigenvalue weighted by Crippen LogP contribution is 1.89. The molecule has 2 N–H and O–H groups in total. The van der Waals surface area contributed by atoms with E-state index in [2.05, 4.69) is 9.79 Å². The van der Waals surface area contributed by atoms with E-state index in [1.165, 1.54) is 0 Å². The van der Waals surface area contributed by atoms with Gasteiger partial charge in [0.2, 0.25) is 11.8 Å². The fraction of sp³-hybridized carbons (Fsp3) is 0.600. The number of nitrogens with two attached hydrogens (primary N) is 1. The topological polar surface area (TPSA) is 65.2 Å². The lowest BCUT2D eigenvalue weighted by atomic mass is 10.7. The minimum Gasteiger partial charge on any atom is -1.00 e. The molecule has 6 heteroatoms. The summed E-state index contributed by atoms with van der Waals surface area (Å²) in [7, 11) is 1.63. The van der Waals surface area contributed by atoms with Crippen LogP contribution in [0.4, 0.5) is 5.88 Å². The maximum Gasteiger partial charge on any atom is 0.293 e. The molecule has 1 heterocycles. The molecule has 0 aliphatic heterocycles. The fourth-order valence-electron chi connectivity index (χ4n) is 0.584. The highest BCUT2D eigenvalue weighted by atomic mass is 35.5. The van der Waals surface area contributed by atoms with E-state index in [1.54, 1.807) is 18.0 Å². The van der Waals surface area contributed by atoms with Crippen LogP contribution in [0.2, 0.25) is 0 Å². The lowest BCUT2D eigenvalue weighted by molar-refractivity contribution is -0.763. The van der Waals surface area contributed by atoms with Crippen LogP contribution >= 0.6 is 0 Å². The highest BCUT2D eigenvalue weighted by Gasteiger charge is 2.06. The Balaban J connectivity index is 0.000001000. The van der Waals surface area contributed by atoms with Gasteiger partial charge >= 0.3 is 0 Å². The van der Waals surface area contributed by atoms with Gasteiger partial charge in [-0.15, -0.1) is 0 Å². The Bertz CT molecular complexity index is 203. The quantitative estimate of drug-likeness (QED) is 0.484. The van der Waals surface area contributed by atoms with Crippen molar-refractivity contribution in [2.75, 3.05) is 19.5 Å². The Morgan fingerprint density at radius 2 is 2.55 bits per heavy atom. The van der Waals surface area contributed by atoms with Gasteiger partial charge in [-0.1, -0.05) is 0 Å². The van der Waals surface area contributed by atoms with Crippen molar-refractivity contribution in [3.8, 4) is 0 Å². The first-order chi connectivity index (χ1) is 4.83. The van der Waals surface area contributed by atoms with E-state index in [4.69, 9.17) is 10.5 Å². The summed E-state index contributed by atoms with van der Waals surface area (Å²) in [4.78, 5) is 0. The summed E-state index contributed by atoms with van der Waals surface area (Å²) in [5, 5.41) is 3.59. The molecule has 1 aromatic rings. The zero-order chi connectivity index (χ0) is 7.40. The van der Waals surface area contributed by atoms with Crippen molar-refractivity contribution in [2.45, 2.75) is 6.54 Å². The van der Waals surface area contributed by atoms with Crippen LogP contribution in [0.1, 0.15) is 0 Å². The number of rotatable bonds is 3. The van der Waals surface area contributed by atoms with Gasteiger partial charge in [0.15, 0.2) is 0 Å². The fourth-order valence-corrected chi connectivity index (χ4v) is 0.584. The van der Waals surface area contributed by atoms with Crippen molar-refractivity contribution in [3.05, 3.63) is 6.20 Å². The molecule has 0 amide bonds. The van der Waals surface area contributed by atoms with Crippen LogP contribution in [0.3, 0.4) is 0 Å². The molecule has 1 aromatic heterocycles. The van der Waals surface area contributed by atoms with Crippen LogP contribution in [-0.2, 0) is 11.3 Å². The summed E-state index contributed by atoms with van der Waals surface area (Å²) < 4.78 is 11.0. The summed E-state index contributed by atoms with van der Waals surface area (Å²) in [6.45, 7) is 1.27. The summed E-state index contributed by atoms with van der Waals surface area (Å²) in [5.41, 5.74) is 5.26. The van der Waals surface area contributed by atoms with Crippen molar-refractivity contribution in [2.24, 2.45) is 0 Å². The van der Waals surface area contributed by atoms with Crippen LogP contribution in [0.15, 0.2) is 10.7 Å². The standard InChI is InChI=1S/C5H10N3O2.ClH/c1-9-3-2-8-4-5(6)10-7-8;/h4H,2-3,6H2,1H3;1H/q+1;/p-1. The Morgan fingerprint density at radius 1 is 1.82 bits per heavy atom. The highest BCUT2D eigenvalue weighted by molar-refractivity contribution is 5.11. The Kier molecular flexibility index (Phi) is 4.56. The number of ether oxygens (including phenoxy) is 1. The van der Waals surface area contributed by atoms with E-state index in [1.807, 2.05) is 0 Å². The second kappa shape index (κ2) is 4.92. The Labute approximate surface area is 70.5 Å². The minimum atomic E-state index is 0. The van der Waals surface area contributed by atoms with Crippen LogP contribution in [0.25, 0.3) is 0 Å². The van der Waals surface area contributed by atoms with Crippen LogP contribution in [-0.4, -0.2) is 19.0 Å². The number of anilines is 1. The molecule has 0 bridgehead atoms. The van der Waals surface area contributed by atoms with Crippen LogP contribution in [0.5, 0.6) is 0 Å². The molecule has 0 fully saturated rings. The van der Waals surface area contributed by atoms with Gasteiger partial charge in [0, 0.05) is 7.11 Å². The molecule has 0 unspecified atom stereocenters. The molecule has 64 valence electrons. The second-order valence-corrected chi connectivity index (χ2v) is 1.86. The monoisotopic (exact) mass is 179 g/mol. The Morgan fingerprint density at radius 3 is 3.00 bits per heavy atom. The van der Waals surface area contributed by atoms with Gasteiger partial charge in [-0.2, -0.15) is 0 Å². The van der Waals surface area contributed by atoms with Crippen molar-refractivity contribution in [1.82, 2.24) is 5.27 Å². The molecule has 0 aliphatic carbocycles. The van der Waals surface area contributed by atoms with Gasteiger partial charge in [-0.05, 0) is 4.68 Å². The third-order valence-electron chi connectivity index (χ3n) is 1.05. The first-order valence-electron chi connectivity index (χ1n) is 2.94. The number of nitrogen functional groups attached to an aromatic ring is 1. The lowest BCUT2D eigenvalue weighted by Crippen LogP contribution is -3.00. The summed E-state index contributed by atoms with van der Waals surface area (Å²) >= 11 is 0. The van der Waals surface area contributed by atoms with E-state index < -0.39 is 0 Å². The molecule has 5 nitrogen and oxygen atoms in total. The number of nitrogens with zero attached hydrogens (tertiary/aromatic N) is 2. The second-order valence-electron chi connectivity index (χ2n) is 1.86. The average molecular weight is 180 g/mol. The van der Waals surface area contributed by atoms with Crippen molar-refractivity contribution in [3.63, 3.8) is 0 Å². The van der Waals surface area contributed by atoms with Gasteiger partial charge in [-0.25, -0.2) is 0 Å². The molecule has 0 atom stereocenters. The van der Waals surface area contributed by atoms with E-state index in [0.717, 1.165) is 0 Å². The van der Waals surface area contributed by atoms with E-state index in [0.29, 0.717) is 19.0 Å². The van der Waals surface area contributed by atoms with Crippen molar-refractivity contribution >= 4 is 5.88 Å². The molecule has 0 aromatic carbocycles. The van der Waals surface area contributed by atoms with E-state index in [-0.39, 0.29) is 12.4 Å². The van der Waals surface area contributed by atoms with Crippen molar-refractivity contribution in [1.29, 1.82) is 0 Å². The molecular weight excluding hydrogens is 170 g/mol. The van der Waals surface area contributed by atoms with Gasteiger partial charge in [0.25, 0.3) is 12.1 Å². The summed E-state index contributed by atoms with van der Waals surface area (Å²) in [6, 6.07) is 0. The molecule has 0 saturated heterocycles. The van der Waals surface area contributed by atoms with E-state index in [9.17, 15) is 0 Å². The third-order valence-corrected chi connectivity index (χ3v) is 1.05. The summed E-state index contributed by atoms with van der Waals surface area (Å²) in [5.74, 6) is 0.316. The van der Waals surface area contributed by atoms with Gasteiger partial charge in [0.1, 0.15) is 6.61 Å². The number of hydrogen-bond donors (Lipinski definition) is 1. The molecule has 0 spiro atoms. The van der Waals surface area contributed by atoms with E-state index >= 15 is 0 Å². The van der Waals surface area contributed by atoms with Gasteiger partial charge in [0.05, 0.1) is 0 Å². The normalized spacial score (nSPS) is 9.18. The zero-order valence-electron chi connectivity index (χ0n) is 6.16. The number of halogens is 1. The average Bonchev–Trinajstić information content (AvgIpc) is 2.31. The number of hydrogen-bond acceptors (Lipinski definition) is 4. The van der Waals surface area contributed by atoms with Gasteiger partial charge in [-0.3, -0.25) is 4.52 Å². The molecule has 0 saturated carbocycles. The predicted octanol–water partition coefficient (Wildman–Crippen LogP) is -3.81. The maximum atomic E-state index is 5.26. The molecule has 0 radical (unpaired) electrons. The number of methoxy groups -OCH3 is 1. The zero-order valence-corrected chi connectivity index (χ0v) is 6.91. The first-order valence-corrected chi connectivity index (χ1v) is 2.94. The largest absolute Gasteiger partial charge is 1.00 e. The lowest BCUT2D eigenvalue weighted by Gasteiger charge is -1.85. The maximum absolute atomic E-state index is 5.26. The van der Waals surface area contributed by atoms with Crippen LogP contribution in [0, 0.1) is 0 Å². The molecule has 0 aliphatic rings. The SMILES string of the molecule is COCC[n+]1cc(N)on1.[Cl-]. The smallest absolute Gasteiger partial charge is 0.293 e.